The molecule has 0 spiro atoms. The van der Waals surface area contributed by atoms with Crippen LogP contribution in [0.5, 0.6) is 0 Å². The van der Waals surface area contributed by atoms with Crippen molar-refractivity contribution in [2.75, 3.05) is 10.6 Å². The van der Waals surface area contributed by atoms with Gasteiger partial charge in [-0.2, -0.15) is 0 Å². The maximum atomic E-state index is 13.7. The highest BCUT2D eigenvalue weighted by molar-refractivity contribution is 9.10. The summed E-state index contributed by atoms with van der Waals surface area (Å²) in [5.41, 5.74) is 8.05. The molecule has 0 aliphatic heterocycles. The second-order valence-electron chi connectivity index (χ2n) is 4.75. The number of benzene rings is 2. The average molecular weight is 366 g/mol. The zero-order valence-corrected chi connectivity index (χ0v) is 13.7. The van der Waals surface area contributed by atoms with Gasteiger partial charge in [0.2, 0.25) is 0 Å². The van der Waals surface area contributed by atoms with Gasteiger partial charge in [0.1, 0.15) is 5.82 Å². The van der Waals surface area contributed by atoms with Crippen molar-refractivity contribution in [3.05, 3.63) is 57.8 Å². The fourth-order valence-electron chi connectivity index (χ4n) is 2.05. The van der Waals surface area contributed by atoms with Crippen LogP contribution in [0.15, 0.2) is 40.9 Å². The molecule has 22 heavy (non-hydrogen) atoms. The molecular weight excluding hydrogens is 349 g/mol. The van der Waals surface area contributed by atoms with Gasteiger partial charge in [-0.25, -0.2) is 9.18 Å². The van der Waals surface area contributed by atoms with Crippen LogP contribution < -0.4 is 16.4 Å². The van der Waals surface area contributed by atoms with E-state index in [9.17, 15) is 9.18 Å². The van der Waals surface area contributed by atoms with Crippen molar-refractivity contribution in [3.8, 4) is 0 Å². The van der Waals surface area contributed by atoms with E-state index in [2.05, 4.69) is 26.6 Å². The molecule has 0 fully saturated rings. The van der Waals surface area contributed by atoms with Crippen LogP contribution in [0.4, 0.5) is 20.6 Å². The van der Waals surface area contributed by atoms with Crippen molar-refractivity contribution in [2.24, 2.45) is 5.73 Å². The van der Waals surface area contributed by atoms with Crippen LogP contribution in [-0.2, 0) is 13.0 Å². The van der Waals surface area contributed by atoms with Crippen LogP contribution in [0.1, 0.15) is 18.1 Å². The number of anilines is 2. The van der Waals surface area contributed by atoms with Crippen molar-refractivity contribution < 1.29 is 9.18 Å². The lowest BCUT2D eigenvalue weighted by molar-refractivity contribution is 0.262. The second-order valence-corrected chi connectivity index (χ2v) is 5.67. The molecule has 116 valence electrons. The summed E-state index contributed by atoms with van der Waals surface area (Å²) >= 11 is 3.39. The number of nitrogens with one attached hydrogen (secondary N) is 2. The minimum absolute atomic E-state index is 0.107. The van der Waals surface area contributed by atoms with Crippen molar-refractivity contribution in [2.45, 2.75) is 19.9 Å². The monoisotopic (exact) mass is 365 g/mol. The molecule has 0 saturated heterocycles. The molecule has 2 amide bonds. The zero-order chi connectivity index (χ0) is 16.1. The van der Waals surface area contributed by atoms with Crippen molar-refractivity contribution in [3.63, 3.8) is 0 Å². The third kappa shape index (κ3) is 4.05. The largest absolute Gasteiger partial charge is 0.326 e. The molecule has 0 saturated carbocycles. The fourth-order valence-corrected chi connectivity index (χ4v) is 2.46. The van der Waals surface area contributed by atoms with E-state index in [0.717, 1.165) is 22.0 Å². The van der Waals surface area contributed by atoms with Crippen molar-refractivity contribution in [1.82, 2.24) is 0 Å². The fraction of sp³-hybridized carbons (Fsp3) is 0.188. The topological polar surface area (TPSA) is 67.2 Å². The number of amides is 2. The Morgan fingerprint density at radius 2 is 1.91 bits per heavy atom. The number of hydrogen-bond donors (Lipinski definition) is 3. The third-order valence-corrected chi connectivity index (χ3v) is 3.70. The highest BCUT2D eigenvalue weighted by Crippen LogP contribution is 2.22. The summed E-state index contributed by atoms with van der Waals surface area (Å²) in [6.45, 7) is 2.28. The van der Waals surface area contributed by atoms with Crippen LogP contribution in [0.2, 0.25) is 0 Å². The molecule has 2 aromatic carbocycles. The highest BCUT2D eigenvalue weighted by Gasteiger charge is 2.10. The molecule has 0 heterocycles. The zero-order valence-electron chi connectivity index (χ0n) is 12.1. The van der Waals surface area contributed by atoms with Crippen LogP contribution in [0.3, 0.4) is 0 Å². The summed E-state index contributed by atoms with van der Waals surface area (Å²) in [7, 11) is 0. The quantitative estimate of drug-likeness (QED) is 0.757. The summed E-state index contributed by atoms with van der Waals surface area (Å²) in [6, 6.07) is 9.48. The Labute approximate surface area is 137 Å². The van der Waals surface area contributed by atoms with Crippen LogP contribution >= 0.6 is 15.9 Å². The smallest absolute Gasteiger partial charge is 0.323 e. The molecule has 4 nitrogen and oxygen atoms in total. The first-order valence-electron chi connectivity index (χ1n) is 6.88. The SMILES string of the molecule is CCc1cc(Br)ccc1NC(=O)Nc1cc(CN)ccc1F. The summed E-state index contributed by atoms with van der Waals surface area (Å²) < 4.78 is 14.7. The van der Waals surface area contributed by atoms with E-state index < -0.39 is 11.8 Å². The molecule has 0 aliphatic carbocycles. The Hall–Kier alpha value is -1.92. The highest BCUT2D eigenvalue weighted by atomic mass is 79.9. The van der Waals surface area contributed by atoms with Gasteiger partial charge in [-0.15, -0.1) is 0 Å². The van der Waals surface area contributed by atoms with Gasteiger partial charge in [0, 0.05) is 16.7 Å². The van der Waals surface area contributed by atoms with E-state index in [-0.39, 0.29) is 12.2 Å². The third-order valence-electron chi connectivity index (χ3n) is 3.21. The Balaban J connectivity index is 2.14. The summed E-state index contributed by atoms with van der Waals surface area (Å²) in [6.07, 6.45) is 0.770. The van der Waals surface area contributed by atoms with Gasteiger partial charge in [-0.05, 0) is 47.9 Å². The van der Waals surface area contributed by atoms with Gasteiger partial charge in [-0.3, -0.25) is 0 Å². The standard InChI is InChI=1S/C16H17BrFN3O/c1-2-11-8-12(17)4-6-14(11)20-16(22)21-15-7-10(9-19)3-5-13(15)18/h3-8H,2,9,19H2,1H3,(H2,20,21,22). The summed E-state index contributed by atoms with van der Waals surface area (Å²) in [5.74, 6) is -0.501. The summed E-state index contributed by atoms with van der Waals surface area (Å²) in [4.78, 5) is 12.1. The second kappa shape index (κ2) is 7.38. The minimum atomic E-state index is -0.501. The number of urea groups is 1. The number of nitrogens with two attached hydrogens (primary N) is 1. The first kappa shape index (κ1) is 16.5. The molecule has 6 heteroatoms. The molecule has 0 radical (unpaired) electrons. The molecule has 0 bridgehead atoms. The van der Waals surface area contributed by atoms with E-state index in [1.54, 1.807) is 12.1 Å². The van der Waals surface area contributed by atoms with Gasteiger partial charge in [-0.1, -0.05) is 28.9 Å². The molecule has 0 atom stereocenters. The molecule has 0 aliphatic rings. The van der Waals surface area contributed by atoms with E-state index in [4.69, 9.17) is 5.73 Å². The number of rotatable bonds is 4. The number of halogens is 2. The van der Waals surface area contributed by atoms with Crippen molar-refractivity contribution in [1.29, 1.82) is 0 Å². The van der Waals surface area contributed by atoms with E-state index in [0.29, 0.717) is 5.69 Å². The Morgan fingerprint density at radius 3 is 2.59 bits per heavy atom. The first-order chi connectivity index (χ1) is 10.5. The predicted octanol–water partition coefficient (Wildman–Crippen LogP) is 4.25. The van der Waals surface area contributed by atoms with Crippen LogP contribution in [0.25, 0.3) is 0 Å². The minimum Gasteiger partial charge on any atom is -0.326 e. The van der Waals surface area contributed by atoms with Gasteiger partial charge in [0.25, 0.3) is 0 Å². The molecule has 4 N–H and O–H groups in total. The van der Waals surface area contributed by atoms with Crippen LogP contribution in [0, 0.1) is 5.82 Å². The molecule has 0 unspecified atom stereocenters. The Kier molecular flexibility index (Phi) is 5.51. The maximum Gasteiger partial charge on any atom is 0.323 e. The van der Waals surface area contributed by atoms with Gasteiger partial charge in [0.15, 0.2) is 0 Å². The maximum absolute atomic E-state index is 13.7. The van der Waals surface area contributed by atoms with Crippen LogP contribution in [-0.4, -0.2) is 6.03 Å². The van der Waals surface area contributed by atoms with Gasteiger partial charge < -0.3 is 16.4 Å². The number of carbonyl (C=O) groups excluding carboxylic acids is 1. The number of carbonyl (C=O) groups is 1. The van der Waals surface area contributed by atoms with Crippen molar-refractivity contribution >= 4 is 33.3 Å². The molecule has 2 rings (SSSR count). The Morgan fingerprint density at radius 1 is 1.18 bits per heavy atom. The van der Waals surface area contributed by atoms with E-state index in [1.165, 1.54) is 12.1 Å². The molecule has 0 aromatic heterocycles. The summed E-state index contributed by atoms with van der Waals surface area (Å²) in [5, 5.41) is 5.24. The first-order valence-corrected chi connectivity index (χ1v) is 7.67. The Bertz CT molecular complexity index is 691. The average Bonchev–Trinajstić information content (AvgIpc) is 2.51. The lowest BCUT2D eigenvalue weighted by atomic mass is 10.1. The van der Waals surface area contributed by atoms with E-state index >= 15 is 0 Å². The van der Waals surface area contributed by atoms with Gasteiger partial charge in [0.05, 0.1) is 5.69 Å². The van der Waals surface area contributed by atoms with E-state index in [1.807, 2.05) is 19.1 Å². The lowest BCUT2D eigenvalue weighted by Gasteiger charge is -2.12. The van der Waals surface area contributed by atoms with Gasteiger partial charge >= 0.3 is 6.03 Å². The normalized spacial score (nSPS) is 10.4. The predicted molar refractivity (Wildman–Crippen MR) is 90.5 cm³/mol. The number of hydrogen-bond acceptors (Lipinski definition) is 2. The lowest BCUT2D eigenvalue weighted by Crippen LogP contribution is -2.21. The number of aryl methyl sites for hydroxylation is 1. The molecule has 2 aromatic rings. The molecular formula is C16H17BrFN3O.